The van der Waals surface area contributed by atoms with E-state index in [0.29, 0.717) is 23.7 Å². The number of aromatic nitrogens is 2. The number of hydrogen-bond acceptors (Lipinski definition) is 6. The minimum atomic E-state index is -0.206. The molecular formula is C23H26N6O. The van der Waals surface area contributed by atoms with E-state index in [0.717, 1.165) is 24.3 Å². The number of anilines is 3. The standard InChI is InChI=1S/C23H26N6O/c1-23(2)14-25-13-16-11-17(5-6-19(16)23)29-22(30)18-4-3-8-27-21(18)28-12-15-7-9-26-20(24)10-15/h3-11,25H,12-14H2,1-2H3,(H2,24,26)(H,27,28)(H,29,30). The molecule has 0 atom stereocenters. The second-order valence-corrected chi connectivity index (χ2v) is 8.16. The van der Waals surface area contributed by atoms with E-state index in [2.05, 4.69) is 45.8 Å². The van der Waals surface area contributed by atoms with Gasteiger partial charge in [0.2, 0.25) is 0 Å². The zero-order valence-corrected chi connectivity index (χ0v) is 17.2. The summed E-state index contributed by atoms with van der Waals surface area (Å²) in [5.74, 6) is 0.771. The van der Waals surface area contributed by atoms with Crippen molar-refractivity contribution in [2.24, 2.45) is 0 Å². The van der Waals surface area contributed by atoms with Gasteiger partial charge in [-0.25, -0.2) is 9.97 Å². The summed E-state index contributed by atoms with van der Waals surface area (Å²) in [6.07, 6.45) is 3.32. The van der Waals surface area contributed by atoms with Crippen molar-refractivity contribution >= 4 is 23.2 Å². The van der Waals surface area contributed by atoms with E-state index in [1.807, 2.05) is 18.2 Å². The molecule has 3 aromatic rings. The van der Waals surface area contributed by atoms with Crippen molar-refractivity contribution in [1.29, 1.82) is 0 Å². The van der Waals surface area contributed by atoms with Crippen LogP contribution in [0.3, 0.4) is 0 Å². The maximum atomic E-state index is 13.0. The number of fused-ring (bicyclic) bond motifs is 1. The molecule has 154 valence electrons. The minimum absolute atomic E-state index is 0.0763. The first-order chi connectivity index (χ1) is 14.4. The summed E-state index contributed by atoms with van der Waals surface area (Å²) in [6, 6.07) is 13.3. The molecule has 1 aromatic carbocycles. The Morgan fingerprint density at radius 1 is 1.17 bits per heavy atom. The van der Waals surface area contributed by atoms with E-state index in [1.165, 1.54) is 11.1 Å². The fourth-order valence-electron chi connectivity index (χ4n) is 3.80. The Hall–Kier alpha value is -3.45. The quantitative estimate of drug-likeness (QED) is 0.522. The lowest BCUT2D eigenvalue weighted by Crippen LogP contribution is -2.38. The molecule has 4 rings (SSSR count). The lowest BCUT2D eigenvalue weighted by atomic mass is 9.79. The maximum absolute atomic E-state index is 13.0. The Kier molecular flexibility index (Phi) is 5.37. The van der Waals surface area contributed by atoms with Crippen LogP contribution in [-0.4, -0.2) is 22.4 Å². The summed E-state index contributed by atoms with van der Waals surface area (Å²) < 4.78 is 0. The van der Waals surface area contributed by atoms with Gasteiger partial charge in [-0.1, -0.05) is 19.9 Å². The van der Waals surface area contributed by atoms with Gasteiger partial charge in [0.05, 0.1) is 5.56 Å². The largest absolute Gasteiger partial charge is 0.384 e. The predicted molar refractivity (Wildman–Crippen MR) is 119 cm³/mol. The van der Waals surface area contributed by atoms with Crippen LogP contribution in [0.1, 0.15) is 40.9 Å². The van der Waals surface area contributed by atoms with Crippen molar-refractivity contribution in [2.45, 2.75) is 32.4 Å². The molecule has 0 saturated carbocycles. The molecule has 0 aliphatic carbocycles. The number of nitrogens with two attached hydrogens (primary N) is 1. The Balaban J connectivity index is 1.50. The van der Waals surface area contributed by atoms with Crippen LogP contribution < -0.4 is 21.7 Å². The van der Waals surface area contributed by atoms with E-state index in [4.69, 9.17) is 5.73 Å². The smallest absolute Gasteiger partial charge is 0.259 e. The Morgan fingerprint density at radius 3 is 2.87 bits per heavy atom. The molecule has 1 aliphatic rings. The summed E-state index contributed by atoms with van der Waals surface area (Å²) >= 11 is 0. The zero-order valence-electron chi connectivity index (χ0n) is 17.2. The molecule has 1 aliphatic heterocycles. The van der Waals surface area contributed by atoms with Crippen molar-refractivity contribution in [3.8, 4) is 0 Å². The summed E-state index contributed by atoms with van der Waals surface area (Å²) in [7, 11) is 0. The number of rotatable bonds is 5. The van der Waals surface area contributed by atoms with Crippen molar-refractivity contribution in [1.82, 2.24) is 15.3 Å². The molecule has 5 N–H and O–H groups in total. The summed E-state index contributed by atoms with van der Waals surface area (Å²) in [5.41, 5.74) is 10.6. The highest BCUT2D eigenvalue weighted by Crippen LogP contribution is 2.31. The van der Waals surface area contributed by atoms with Crippen LogP contribution in [0.5, 0.6) is 0 Å². The van der Waals surface area contributed by atoms with E-state index in [-0.39, 0.29) is 11.3 Å². The third-order valence-electron chi connectivity index (χ3n) is 5.33. The van der Waals surface area contributed by atoms with Gasteiger partial charge in [-0.15, -0.1) is 0 Å². The van der Waals surface area contributed by atoms with Gasteiger partial charge in [0.25, 0.3) is 5.91 Å². The summed E-state index contributed by atoms with van der Waals surface area (Å²) in [6.45, 7) is 6.68. The van der Waals surface area contributed by atoms with Crippen LogP contribution in [0.25, 0.3) is 0 Å². The molecule has 3 heterocycles. The number of nitrogen functional groups attached to an aromatic ring is 1. The number of benzene rings is 1. The van der Waals surface area contributed by atoms with Crippen LogP contribution in [-0.2, 0) is 18.5 Å². The molecule has 0 unspecified atom stereocenters. The Bertz CT molecular complexity index is 1080. The van der Waals surface area contributed by atoms with Gasteiger partial charge in [-0.05, 0) is 53.1 Å². The third kappa shape index (κ3) is 4.26. The number of nitrogens with one attached hydrogen (secondary N) is 3. The second kappa shape index (κ2) is 8.12. The predicted octanol–water partition coefficient (Wildman–Crippen LogP) is 3.30. The maximum Gasteiger partial charge on any atom is 0.259 e. The van der Waals surface area contributed by atoms with E-state index < -0.39 is 0 Å². The lowest BCUT2D eigenvalue weighted by Gasteiger charge is -2.33. The number of carbonyl (C=O) groups is 1. The average Bonchev–Trinajstić information content (AvgIpc) is 2.72. The van der Waals surface area contributed by atoms with Gasteiger partial charge < -0.3 is 21.7 Å². The fourth-order valence-corrected chi connectivity index (χ4v) is 3.80. The average molecular weight is 403 g/mol. The van der Waals surface area contributed by atoms with E-state index >= 15 is 0 Å². The highest BCUT2D eigenvalue weighted by molar-refractivity contribution is 6.07. The number of nitrogens with zero attached hydrogens (tertiary/aromatic N) is 2. The van der Waals surface area contributed by atoms with Crippen molar-refractivity contribution in [3.63, 3.8) is 0 Å². The number of amides is 1. The van der Waals surface area contributed by atoms with Crippen LogP contribution in [0.2, 0.25) is 0 Å². The van der Waals surface area contributed by atoms with Gasteiger partial charge in [-0.2, -0.15) is 0 Å². The molecule has 0 radical (unpaired) electrons. The van der Waals surface area contributed by atoms with E-state index in [1.54, 1.807) is 30.6 Å². The second-order valence-electron chi connectivity index (χ2n) is 8.16. The topological polar surface area (TPSA) is 105 Å². The molecule has 2 aromatic heterocycles. The van der Waals surface area contributed by atoms with Crippen molar-refractivity contribution < 1.29 is 4.79 Å². The van der Waals surface area contributed by atoms with Gasteiger partial charge >= 0.3 is 0 Å². The molecular weight excluding hydrogens is 376 g/mol. The minimum Gasteiger partial charge on any atom is -0.384 e. The Morgan fingerprint density at radius 2 is 2.03 bits per heavy atom. The molecule has 1 amide bonds. The first-order valence-corrected chi connectivity index (χ1v) is 9.97. The van der Waals surface area contributed by atoms with Gasteiger partial charge in [-0.3, -0.25) is 4.79 Å². The number of carbonyl (C=O) groups excluding carboxylic acids is 1. The molecule has 7 nitrogen and oxygen atoms in total. The molecule has 0 fully saturated rings. The monoisotopic (exact) mass is 402 g/mol. The molecule has 0 saturated heterocycles. The van der Waals surface area contributed by atoms with Crippen LogP contribution in [0, 0.1) is 0 Å². The van der Waals surface area contributed by atoms with Crippen molar-refractivity contribution in [3.05, 3.63) is 77.1 Å². The molecule has 0 bridgehead atoms. The van der Waals surface area contributed by atoms with Crippen LogP contribution in [0.15, 0.2) is 54.9 Å². The fraction of sp³-hybridized carbons (Fsp3) is 0.261. The van der Waals surface area contributed by atoms with Crippen LogP contribution in [0.4, 0.5) is 17.3 Å². The van der Waals surface area contributed by atoms with Crippen molar-refractivity contribution in [2.75, 3.05) is 22.9 Å². The molecule has 0 spiro atoms. The normalized spacial score (nSPS) is 14.6. The summed E-state index contributed by atoms with van der Waals surface area (Å²) in [5, 5.41) is 9.67. The number of hydrogen-bond donors (Lipinski definition) is 4. The molecule has 30 heavy (non-hydrogen) atoms. The van der Waals surface area contributed by atoms with Gasteiger partial charge in [0, 0.05) is 43.1 Å². The summed E-state index contributed by atoms with van der Waals surface area (Å²) in [4.78, 5) is 21.3. The number of pyridine rings is 2. The third-order valence-corrected chi connectivity index (χ3v) is 5.33. The Labute approximate surface area is 176 Å². The van der Waals surface area contributed by atoms with E-state index in [9.17, 15) is 4.79 Å². The highest BCUT2D eigenvalue weighted by Gasteiger charge is 2.27. The van der Waals surface area contributed by atoms with Gasteiger partial charge in [0.1, 0.15) is 11.6 Å². The SMILES string of the molecule is CC1(C)CNCc2cc(NC(=O)c3cccnc3NCc3ccnc(N)c3)ccc21. The highest BCUT2D eigenvalue weighted by atomic mass is 16.1. The molecule has 7 heteroatoms. The van der Waals surface area contributed by atoms with Crippen LogP contribution >= 0.6 is 0 Å². The lowest BCUT2D eigenvalue weighted by molar-refractivity contribution is 0.102. The van der Waals surface area contributed by atoms with Gasteiger partial charge in [0.15, 0.2) is 0 Å². The first-order valence-electron chi connectivity index (χ1n) is 9.97. The zero-order chi connectivity index (χ0) is 21.1. The first kappa shape index (κ1) is 19.8.